The molecule has 1 aromatic carbocycles. The number of rotatable bonds is 6. The Hall–Kier alpha value is -1.34. The van der Waals surface area contributed by atoms with E-state index in [9.17, 15) is 9.90 Å². The third-order valence-corrected chi connectivity index (χ3v) is 4.00. The van der Waals surface area contributed by atoms with Gasteiger partial charge in [0.15, 0.2) is 5.78 Å². The van der Waals surface area contributed by atoms with E-state index in [2.05, 4.69) is 11.1 Å². The molecule has 0 aliphatic rings. The van der Waals surface area contributed by atoms with Crippen molar-refractivity contribution in [2.24, 2.45) is 0 Å². The standard InChI is InChI=1S/C17H17NO2P.Ir/c1-13(19)10-16(20)12-21-11-15-8-5-9-17(18-15)14-6-3-2-4-7-14;/h2-6,8-10,20-21H,11-12H2,1H3;/q-1;. The smallest absolute Gasteiger partial charge is 0.155 e. The Labute approximate surface area is 146 Å². The summed E-state index contributed by atoms with van der Waals surface area (Å²) in [5.41, 5.74) is 2.86. The molecule has 1 radical (unpaired) electrons. The van der Waals surface area contributed by atoms with E-state index in [-0.39, 0.29) is 31.6 Å². The Balaban J connectivity index is 0.00000242. The third kappa shape index (κ3) is 6.19. The number of aliphatic hydroxyl groups excluding tert-OH is 1. The van der Waals surface area contributed by atoms with E-state index in [1.807, 2.05) is 42.5 Å². The molecule has 3 nitrogen and oxygen atoms in total. The largest absolute Gasteiger partial charge is 0.512 e. The van der Waals surface area contributed by atoms with Gasteiger partial charge >= 0.3 is 0 Å². The summed E-state index contributed by atoms with van der Waals surface area (Å²) in [6.07, 6.45) is 2.58. The van der Waals surface area contributed by atoms with Gasteiger partial charge in [-0.25, -0.2) is 0 Å². The minimum atomic E-state index is -0.128. The van der Waals surface area contributed by atoms with Gasteiger partial charge in [-0.3, -0.25) is 4.79 Å². The second-order valence-electron chi connectivity index (χ2n) is 4.64. The van der Waals surface area contributed by atoms with Gasteiger partial charge in [-0.15, -0.1) is 44.5 Å². The van der Waals surface area contributed by atoms with Gasteiger partial charge in [-0.05, 0) is 18.7 Å². The van der Waals surface area contributed by atoms with Crippen LogP contribution < -0.4 is 0 Å². The van der Waals surface area contributed by atoms with Gasteiger partial charge in [-0.2, -0.15) is 0 Å². The van der Waals surface area contributed by atoms with Gasteiger partial charge in [0, 0.05) is 44.2 Å². The number of hydrogen-bond acceptors (Lipinski definition) is 3. The number of aliphatic hydroxyl groups is 1. The fourth-order valence-electron chi connectivity index (χ4n) is 1.89. The van der Waals surface area contributed by atoms with Gasteiger partial charge in [0.1, 0.15) is 0 Å². The first kappa shape index (κ1) is 18.7. The fourth-order valence-corrected chi connectivity index (χ4v) is 2.82. The second kappa shape index (κ2) is 9.63. The molecule has 0 amide bonds. The first-order valence-electron chi connectivity index (χ1n) is 6.69. The minimum Gasteiger partial charge on any atom is -0.512 e. The van der Waals surface area contributed by atoms with Crippen molar-refractivity contribution in [3.05, 3.63) is 66.1 Å². The zero-order valence-corrected chi connectivity index (χ0v) is 15.6. The topological polar surface area (TPSA) is 50.2 Å². The van der Waals surface area contributed by atoms with Crippen LogP contribution in [0, 0.1) is 6.07 Å². The van der Waals surface area contributed by atoms with E-state index in [1.165, 1.54) is 13.0 Å². The van der Waals surface area contributed by atoms with Crippen molar-refractivity contribution in [1.82, 2.24) is 4.98 Å². The molecule has 0 fully saturated rings. The van der Waals surface area contributed by atoms with Crippen LogP contribution in [0.3, 0.4) is 0 Å². The van der Waals surface area contributed by atoms with Crippen LogP contribution in [-0.4, -0.2) is 22.0 Å². The summed E-state index contributed by atoms with van der Waals surface area (Å²) in [5, 5.41) is 9.55. The number of carbonyl (C=O) groups excluding carboxylic acids is 1. The zero-order valence-electron chi connectivity index (χ0n) is 12.2. The monoisotopic (exact) mass is 491 g/mol. The molecular weight excluding hydrogens is 473 g/mol. The SMILES string of the molecule is CC(=O)C=C(O)CPCc1cccc(-c2[c-]cccc2)n1.[Ir]. The molecule has 2 rings (SSSR count). The number of hydrogen-bond donors (Lipinski definition) is 1. The molecule has 1 atom stereocenters. The maximum Gasteiger partial charge on any atom is 0.155 e. The summed E-state index contributed by atoms with van der Waals surface area (Å²) in [6.45, 7) is 1.43. The van der Waals surface area contributed by atoms with E-state index in [0.717, 1.165) is 23.1 Å². The number of nitrogens with zero attached hydrogens (tertiary/aromatic N) is 1. The summed E-state index contributed by atoms with van der Waals surface area (Å²) in [5.74, 6) is 0.0189. The molecule has 1 unspecified atom stereocenters. The van der Waals surface area contributed by atoms with Crippen molar-refractivity contribution in [3.8, 4) is 11.3 Å². The normalized spacial score (nSPS) is 11.4. The molecule has 0 aliphatic carbocycles. The minimum absolute atomic E-state index is 0. The van der Waals surface area contributed by atoms with Crippen molar-refractivity contribution >= 4 is 14.4 Å². The molecule has 117 valence electrons. The van der Waals surface area contributed by atoms with Crippen molar-refractivity contribution in [2.75, 3.05) is 6.16 Å². The summed E-state index contributed by atoms with van der Waals surface area (Å²) in [7, 11) is 0.500. The predicted molar refractivity (Wildman–Crippen MR) is 86.8 cm³/mol. The van der Waals surface area contributed by atoms with E-state index in [0.29, 0.717) is 14.7 Å². The van der Waals surface area contributed by atoms with E-state index >= 15 is 0 Å². The van der Waals surface area contributed by atoms with Gasteiger partial charge in [0.2, 0.25) is 0 Å². The summed E-state index contributed by atoms with van der Waals surface area (Å²) >= 11 is 0. The number of carbonyl (C=O) groups is 1. The number of ketones is 1. The Morgan fingerprint density at radius 1 is 1.32 bits per heavy atom. The van der Waals surface area contributed by atoms with Crippen LogP contribution in [0.1, 0.15) is 12.6 Å². The molecule has 0 saturated heterocycles. The third-order valence-electron chi connectivity index (χ3n) is 2.77. The Morgan fingerprint density at radius 3 is 2.82 bits per heavy atom. The van der Waals surface area contributed by atoms with Gasteiger partial charge < -0.3 is 10.1 Å². The first-order valence-corrected chi connectivity index (χ1v) is 8.10. The van der Waals surface area contributed by atoms with Gasteiger partial charge in [0.05, 0.1) is 5.76 Å². The molecule has 0 saturated carbocycles. The maximum absolute atomic E-state index is 10.8. The molecule has 0 bridgehead atoms. The molecule has 2 aromatic rings. The number of aromatic nitrogens is 1. The van der Waals surface area contributed by atoms with Gasteiger partial charge in [-0.1, -0.05) is 12.1 Å². The van der Waals surface area contributed by atoms with E-state index in [1.54, 1.807) is 0 Å². The number of allylic oxidation sites excluding steroid dienone is 2. The average molecular weight is 491 g/mol. The van der Waals surface area contributed by atoms with E-state index in [4.69, 9.17) is 0 Å². The van der Waals surface area contributed by atoms with Crippen LogP contribution in [-0.2, 0) is 31.1 Å². The van der Waals surface area contributed by atoms with Crippen molar-refractivity contribution in [1.29, 1.82) is 0 Å². The van der Waals surface area contributed by atoms with Crippen molar-refractivity contribution in [3.63, 3.8) is 0 Å². The average Bonchev–Trinajstić information content (AvgIpc) is 2.48. The maximum atomic E-state index is 10.8. The van der Waals surface area contributed by atoms with Crippen LogP contribution in [0.2, 0.25) is 0 Å². The van der Waals surface area contributed by atoms with Crippen molar-refractivity contribution in [2.45, 2.75) is 13.1 Å². The summed E-state index contributed by atoms with van der Waals surface area (Å²) in [6, 6.07) is 16.8. The Kier molecular flexibility index (Phi) is 8.19. The van der Waals surface area contributed by atoms with Crippen LogP contribution in [0.5, 0.6) is 0 Å². The molecular formula is C17H17IrNO2P-. The van der Waals surface area contributed by atoms with Crippen molar-refractivity contribution < 1.29 is 30.0 Å². The first-order chi connectivity index (χ1) is 10.1. The quantitative estimate of drug-likeness (QED) is 0.291. The molecule has 5 heteroatoms. The molecule has 1 heterocycles. The molecule has 0 spiro atoms. The second-order valence-corrected chi connectivity index (χ2v) is 5.85. The number of benzene rings is 1. The predicted octanol–water partition coefficient (Wildman–Crippen LogP) is 3.76. The molecule has 22 heavy (non-hydrogen) atoms. The van der Waals surface area contributed by atoms with Crippen LogP contribution in [0.4, 0.5) is 0 Å². The summed E-state index contributed by atoms with van der Waals surface area (Å²) < 4.78 is 0. The van der Waals surface area contributed by atoms with Crippen LogP contribution >= 0.6 is 8.58 Å². The van der Waals surface area contributed by atoms with E-state index < -0.39 is 0 Å². The zero-order chi connectivity index (χ0) is 15.1. The Morgan fingerprint density at radius 2 is 2.14 bits per heavy atom. The van der Waals surface area contributed by atoms with Crippen LogP contribution in [0.25, 0.3) is 11.3 Å². The van der Waals surface area contributed by atoms with Crippen LogP contribution in [0.15, 0.2) is 54.3 Å². The number of pyridine rings is 1. The molecule has 1 aromatic heterocycles. The fraction of sp³-hybridized carbons (Fsp3) is 0.176. The summed E-state index contributed by atoms with van der Waals surface area (Å²) in [4.78, 5) is 15.4. The Bertz CT molecular complexity index is 644. The molecule has 0 aliphatic heterocycles. The van der Waals surface area contributed by atoms with Gasteiger partial charge in [0.25, 0.3) is 0 Å². The molecule has 1 N–H and O–H groups in total.